The van der Waals surface area contributed by atoms with Crippen LogP contribution >= 0.6 is 0 Å². The third-order valence-corrected chi connectivity index (χ3v) is 8.90. The fourth-order valence-electron chi connectivity index (χ4n) is 6.33. The molecule has 186 valence electrons. The normalized spacial score (nSPS) is 30.9. The van der Waals surface area contributed by atoms with Gasteiger partial charge in [-0.25, -0.2) is 0 Å². The number of nitrogens with one attached hydrogen (secondary N) is 1. The minimum absolute atomic E-state index is 0.0290. The van der Waals surface area contributed by atoms with Crippen molar-refractivity contribution < 1.29 is 14.0 Å². The fourth-order valence-corrected chi connectivity index (χ4v) is 6.33. The number of fused-ring (bicyclic) bond motifs is 3. The van der Waals surface area contributed by atoms with Crippen molar-refractivity contribution in [3.05, 3.63) is 24.1 Å². The number of carbonyl (C=O) groups is 2. The minimum atomic E-state index is -0.945. The first-order chi connectivity index (χ1) is 16.4. The molecule has 4 atom stereocenters. The third-order valence-electron chi connectivity index (χ3n) is 8.90. The molecule has 0 spiro atoms. The van der Waals surface area contributed by atoms with Crippen LogP contribution in [0.2, 0.25) is 0 Å². The number of aromatic nitrogens is 1. The van der Waals surface area contributed by atoms with E-state index in [9.17, 15) is 9.59 Å². The number of rotatable bonds is 5. The molecule has 4 heterocycles. The van der Waals surface area contributed by atoms with Crippen LogP contribution in [-0.2, 0) is 11.3 Å². The third kappa shape index (κ3) is 4.16. The molecule has 2 fully saturated rings. The van der Waals surface area contributed by atoms with Crippen molar-refractivity contribution in [1.29, 1.82) is 0 Å². The first-order valence-electron chi connectivity index (χ1n) is 13.3. The Balaban J connectivity index is 1.42. The smallest absolute Gasteiger partial charge is 0.271 e. The largest absolute Gasteiger partial charge is 0.463 e. The Morgan fingerprint density at radius 3 is 2.65 bits per heavy atom. The van der Waals surface area contributed by atoms with Gasteiger partial charge < -0.3 is 24.1 Å². The van der Waals surface area contributed by atoms with Crippen molar-refractivity contribution in [3.63, 3.8) is 0 Å². The first-order valence-corrected chi connectivity index (χ1v) is 13.3. The Hall–Kier alpha value is -2.28. The summed E-state index contributed by atoms with van der Waals surface area (Å²) in [5.41, 5.74) is 1.26. The summed E-state index contributed by atoms with van der Waals surface area (Å²) in [5, 5.41) is 3.39. The molecule has 1 aliphatic carbocycles. The van der Waals surface area contributed by atoms with Crippen LogP contribution in [0, 0.1) is 11.8 Å². The van der Waals surface area contributed by atoms with Gasteiger partial charge in [-0.2, -0.15) is 0 Å². The lowest BCUT2D eigenvalue weighted by atomic mass is 9.77. The van der Waals surface area contributed by atoms with Crippen LogP contribution in [-0.4, -0.2) is 63.9 Å². The summed E-state index contributed by atoms with van der Waals surface area (Å²) >= 11 is 0. The van der Waals surface area contributed by atoms with Gasteiger partial charge in [0.1, 0.15) is 11.2 Å². The molecular weight excluding hydrogens is 428 g/mol. The summed E-state index contributed by atoms with van der Waals surface area (Å²) in [4.78, 5) is 32.1. The molecule has 3 aliphatic rings. The average Bonchev–Trinajstić information content (AvgIpc) is 3.30. The molecule has 34 heavy (non-hydrogen) atoms. The number of carbonyl (C=O) groups excluding carboxylic acids is 2. The second-order valence-corrected chi connectivity index (χ2v) is 11.1. The summed E-state index contributed by atoms with van der Waals surface area (Å²) in [6.07, 6.45) is 10.0. The average molecular weight is 469 g/mol. The van der Waals surface area contributed by atoms with Crippen molar-refractivity contribution in [3.8, 4) is 0 Å². The second kappa shape index (κ2) is 9.40. The number of furan rings is 1. The molecule has 2 aromatic heterocycles. The van der Waals surface area contributed by atoms with E-state index < -0.39 is 5.54 Å². The van der Waals surface area contributed by atoms with E-state index in [-0.39, 0.29) is 17.9 Å². The summed E-state index contributed by atoms with van der Waals surface area (Å²) in [6.45, 7) is 10.4. The molecule has 0 radical (unpaired) electrons. The molecule has 5 rings (SSSR count). The van der Waals surface area contributed by atoms with E-state index in [4.69, 9.17) is 4.42 Å². The second-order valence-electron chi connectivity index (χ2n) is 11.1. The van der Waals surface area contributed by atoms with Gasteiger partial charge in [0, 0.05) is 31.3 Å². The van der Waals surface area contributed by atoms with Crippen LogP contribution in [0.15, 0.2) is 22.8 Å². The van der Waals surface area contributed by atoms with Crippen LogP contribution in [0.5, 0.6) is 0 Å². The molecule has 0 bridgehead atoms. The first kappa shape index (κ1) is 23.5. The van der Waals surface area contributed by atoms with Gasteiger partial charge in [0.15, 0.2) is 5.58 Å². The van der Waals surface area contributed by atoms with E-state index in [1.165, 1.54) is 32.1 Å². The van der Waals surface area contributed by atoms with Crippen molar-refractivity contribution >= 4 is 22.9 Å². The van der Waals surface area contributed by atoms with Gasteiger partial charge in [-0.15, -0.1) is 0 Å². The lowest BCUT2D eigenvalue weighted by Gasteiger charge is -2.46. The van der Waals surface area contributed by atoms with Gasteiger partial charge in [-0.1, -0.05) is 39.5 Å². The number of nitrogens with zero attached hydrogens (tertiary/aromatic N) is 3. The molecule has 1 saturated heterocycles. The SMILES string of the molecule is CC1CCCC(NC(=O)C2(C)Cn3c(cc4occc43)C(=O)N2CCN2CCCCCC2)C1C. The maximum atomic E-state index is 14.0. The molecule has 1 saturated carbocycles. The van der Waals surface area contributed by atoms with Crippen molar-refractivity contribution in [2.45, 2.75) is 83.8 Å². The van der Waals surface area contributed by atoms with E-state index in [1.54, 1.807) is 6.26 Å². The van der Waals surface area contributed by atoms with Gasteiger partial charge in [-0.05, 0) is 51.1 Å². The number of amides is 2. The van der Waals surface area contributed by atoms with E-state index in [0.717, 1.165) is 38.0 Å². The van der Waals surface area contributed by atoms with Crippen molar-refractivity contribution in [2.75, 3.05) is 26.2 Å². The van der Waals surface area contributed by atoms with Gasteiger partial charge >= 0.3 is 0 Å². The maximum Gasteiger partial charge on any atom is 0.271 e. The molecule has 2 amide bonds. The predicted octanol–water partition coefficient (Wildman–Crippen LogP) is 4.27. The lowest BCUT2D eigenvalue weighted by molar-refractivity contribution is -0.134. The van der Waals surface area contributed by atoms with E-state index in [0.29, 0.717) is 36.2 Å². The molecule has 4 unspecified atom stereocenters. The highest BCUT2D eigenvalue weighted by atomic mass is 16.3. The Morgan fingerprint density at radius 1 is 1.12 bits per heavy atom. The van der Waals surface area contributed by atoms with Crippen LogP contribution in [0.25, 0.3) is 11.1 Å². The van der Waals surface area contributed by atoms with Crippen molar-refractivity contribution in [1.82, 2.24) is 19.7 Å². The quantitative estimate of drug-likeness (QED) is 0.712. The highest BCUT2D eigenvalue weighted by molar-refractivity contribution is 6.02. The van der Waals surface area contributed by atoms with Gasteiger partial charge in [0.25, 0.3) is 5.91 Å². The van der Waals surface area contributed by atoms with Crippen LogP contribution in [0.1, 0.15) is 76.2 Å². The molecule has 2 aliphatic heterocycles. The molecule has 2 aromatic rings. The Morgan fingerprint density at radius 2 is 1.88 bits per heavy atom. The summed E-state index contributed by atoms with van der Waals surface area (Å²) in [5.74, 6) is 0.934. The Bertz CT molecular complexity index is 1030. The van der Waals surface area contributed by atoms with E-state index in [2.05, 4.69) is 24.1 Å². The fraction of sp³-hybridized carbons (Fsp3) is 0.704. The number of hydrogen-bond donors (Lipinski definition) is 1. The topological polar surface area (TPSA) is 70.7 Å². The van der Waals surface area contributed by atoms with E-state index >= 15 is 0 Å². The molecule has 0 aromatic carbocycles. The standard InChI is InChI=1S/C27H40N4O3/c1-19-9-8-10-21(20(19)2)28-26(33)27(3)18-30-22-11-16-34-24(22)17-23(30)25(32)31(27)15-14-29-12-6-4-5-7-13-29/h11,16-17,19-21H,4-10,12-15,18H2,1-3H3,(H,28,33). The van der Waals surface area contributed by atoms with Crippen LogP contribution < -0.4 is 5.32 Å². The Kier molecular flexibility index (Phi) is 6.49. The van der Waals surface area contributed by atoms with Crippen LogP contribution in [0.3, 0.4) is 0 Å². The van der Waals surface area contributed by atoms with Gasteiger partial charge in [-0.3, -0.25) is 9.59 Å². The minimum Gasteiger partial charge on any atom is -0.463 e. The molecule has 1 N–H and O–H groups in total. The van der Waals surface area contributed by atoms with E-state index in [1.807, 2.05) is 28.5 Å². The number of hydrogen-bond acceptors (Lipinski definition) is 4. The van der Waals surface area contributed by atoms with Crippen LogP contribution in [0.4, 0.5) is 0 Å². The predicted molar refractivity (Wildman–Crippen MR) is 133 cm³/mol. The van der Waals surface area contributed by atoms with Gasteiger partial charge in [0.05, 0.1) is 18.3 Å². The highest BCUT2D eigenvalue weighted by Crippen LogP contribution is 2.34. The molecule has 7 nitrogen and oxygen atoms in total. The monoisotopic (exact) mass is 468 g/mol. The zero-order chi connectivity index (χ0) is 23.9. The zero-order valence-corrected chi connectivity index (χ0v) is 21.0. The summed E-state index contributed by atoms with van der Waals surface area (Å²) in [7, 11) is 0. The molecule has 7 heteroatoms. The summed E-state index contributed by atoms with van der Waals surface area (Å²) in [6, 6.07) is 3.89. The van der Waals surface area contributed by atoms with Crippen molar-refractivity contribution in [2.24, 2.45) is 11.8 Å². The zero-order valence-electron chi connectivity index (χ0n) is 21.0. The van der Waals surface area contributed by atoms with Gasteiger partial charge in [0.2, 0.25) is 5.91 Å². The Labute approximate surface area is 202 Å². The summed E-state index contributed by atoms with van der Waals surface area (Å²) < 4.78 is 7.58. The number of likely N-dealkylation sites (tertiary alicyclic amines) is 1. The molecular formula is C27H40N4O3. The lowest BCUT2D eigenvalue weighted by Crippen LogP contribution is -2.66. The highest BCUT2D eigenvalue weighted by Gasteiger charge is 2.48. The maximum absolute atomic E-state index is 14.0.